The van der Waals surface area contributed by atoms with E-state index in [1.54, 1.807) is 6.92 Å². The lowest BCUT2D eigenvalue weighted by Gasteiger charge is -2.25. The summed E-state index contributed by atoms with van der Waals surface area (Å²) in [5, 5.41) is 3.51. The first-order valence-electron chi connectivity index (χ1n) is 6.13. The first-order valence-corrected chi connectivity index (χ1v) is 6.13. The molecular weight excluding hydrogens is 214 g/mol. The molecule has 1 aliphatic rings. The number of carbonyl (C=O) groups is 1. The van der Waals surface area contributed by atoms with Crippen molar-refractivity contribution in [3.05, 3.63) is 29.3 Å². The van der Waals surface area contributed by atoms with Crippen LogP contribution in [0.4, 0.5) is 5.69 Å². The largest absolute Gasteiger partial charge is 0.382 e. The second-order valence-corrected chi connectivity index (χ2v) is 4.57. The zero-order chi connectivity index (χ0) is 12.3. The highest BCUT2D eigenvalue weighted by atomic mass is 16.5. The topological polar surface area (TPSA) is 38.3 Å². The molecule has 1 aromatic rings. The number of benzene rings is 1. The minimum atomic E-state index is 0.123. The van der Waals surface area contributed by atoms with E-state index in [0.717, 1.165) is 42.9 Å². The summed E-state index contributed by atoms with van der Waals surface area (Å²) in [4.78, 5) is 11.5. The number of hydrogen-bond donors (Lipinski definition) is 1. The van der Waals surface area contributed by atoms with Crippen LogP contribution in [0.1, 0.15) is 35.7 Å². The van der Waals surface area contributed by atoms with Crippen LogP contribution in [0.2, 0.25) is 0 Å². The molecule has 1 aliphatic heterocycles. The lowest BCUT2D eigenvalue weighted by atomic mass is 10.0. The molecule has 1 aromatic carbocycles. The Labute approximate surface area is 102 Å². The Balaban J connectivity index is 2.15. The molecule has 1 fully saturated rings. The van der Waals surface area contributed by atoms with Crippen molar-refractivity contribution >= 4 is 11.5 Å². The van der Waals surface area contributed by atoms with Crippen molar-refractivity contribution < 1.29 is 9.53 Å². The van der Waals surface area contributed by atoms with E-state index in [9.17, 15) is 4.79 Å². The van der Waals surface area contributed by atoms with E-state index in [-0.39, 0.29) is 5.78 Å². The molecule has 3 nitrogen and oxygen atoms in total. The van der Waals surface area contributed by atoms with Crippen LogP contribution in [0.3, 0.4) is 0 Å². The van der Waals surface area contributed by atoms with E-state index in [4.69, 9.17) is 4.74 Å². The molecule has 0 saturated carbocycles. The third kappa shape index (κ3) is 2.86. The molecule has 0 spiro atoms. The van der Waals surface area contributed by atoms with Crippen LogP contribution in [-0.4, -0.2) is 25.0 Å². The van der Waals surface area contributed by atoms with Crippen molar-refractivity contribution in [3.8, 4) is 0 Å². The fourth-order valence-electron chi connectivity index (χ4n) is 2.24. The van der Waals surface area contributed by atoms with E-state index in [1.165, 1.54) is 0 Å². The molecule has 2 rings (SSSR count). The van der Waals surface area contributed by atoms with E-state index < -0.39 is 0 Å². The molecule has 0 radical (unpaired) electrons. The van der Waals surface area contributed by atoms with E-state index >= 15 is 0 Å². The molecule has 0 aromatic heterocycles. The summed E-state index contributed by atoms with van der Waals surface area (Å²) >= 11 is 0. The number of anilines is 1. The van der Waals surface area contributed by atoms with Gasteiger partial charge in [0.2, 0.25) is 0 Å². The van der Waals surface area contributed by atoms with Gasteiger partial charge in [0.25, 0.3) is 0 Å². The van der Waals surface area contributed by atoms with Crippen molar-refractivity contribution in [1.82, 2.24) is 0 Å². The van der Waals surface area contributed by atoms with E-state index in [1.807, 2.05) is 25.1 Å². The van der Waals surface area contributed by atoms with E-state index in [2.05, 4.69) is 5.32 Å². The first-order chi connectivity index (χ1) is 8.18. The van der Waals surface area contributed by atoms with Gasteiger partial charge in [-0.3, -0.25) is 4.79 Å². The molecule has 0 amide bonds. The van der Waals surface area contributed by atoms with Crippen molar-refractivity contribution in [3.63, 3.8) is 0 Å². The summed E-state index contributed by atoms with van der Waals surface area (Å²) < 4.78 is 5.34. The van der Waals surface area contributed by atoms with Crippen LogP contribution in [0.15, 0.2) is 18.2 Å². The van der Waals surface area contributed by atoms with Gasteiger partial charge in [0.15, 0.2) is 5.78 Å². The maximum atomic E-state index is 11.5. The quantitative estimate of drug-likeness (QED) is 0.816. The molecule has 0 bridgehead atoms. The van der Waals surface area contributed by atoms with Crippen LogP contribution in [-0.2, 0) is 4.74 Å². The molecule has 1 N–H and O–H groups in total. The molecule has 1 saturated heterocycles. The van der Waals surface area contributed by atoms with Gasteiger partial charge in [-0.15, -0.1) is 0 Å². The van der Waals surface area contributed by atoms with Gasteiger partial charge in [-0.2, -0.15) is 0 Å². The molecule has 3 heteroatoms. The maximum Gasteiger partial charge on any atom is 0.160 e. The maximum absolute atomic E-state index is 11.5. The molecule has 17 heavy (non-hydrogen) atoms. The Bertz CT molecular complexity index is 409. The highest BCUT2D eigenvalue weighted by molar-refractivity contribution is 5.96. The van der Waals surface area contributed by atoms with Crippen molar-refractivity contribution in [2.24, 2.45) is 0 Å². The minimum Gasteiger partial charge on any atom is -0.382 e. The van der Waals surface area contributed by atoms with Gasteiger partial charge in [0.1, 0.15) is 0 Å². The van der Waals surface area contributed by atoms with Crippen LogP contribution in [0.25, 0.3) is 0 Å². The normalized spacial score (nSPS) is 16.8. The van der Waals surface area contributed by atoms with Crippen molar-refractivity contribution in [2.75, 3.05) is 18.5 Å². The smallest absolute Gasteiger partial charge is 0.160 e. The van der Waals surface area contributed by atoms with Crippen LogP contribution < -0.4 is 5.32 Å². The third-order valence-electron chi connectivity index (χ3n) is 3.29. The zero-order valence-electron chi connectivity index (χ0n) is 10.5. The van der Waals surface area contributed by atoms with Crippen LogP contribution >= 0.6 is 0 Å². The van der Waals surface area contributed by atoms with Crippen molar-refractivity contribution in [1.29, 1.82) is 0 Å². The summed E-state index contributed by atoms with van der Waals surface area (Å²) in [5.74, 6) is 0.123. The predicted octanol–water partition coefficient (Wildman–Crippen LogP) is 2.79. The molecule has 0 atom stereocenters. The summed E-state index contributed by atoms with van der Waals surface area (Å²) in [6.07, 6.45) is 2.06. The Morgan fingerprint density at radius 2 is 2.06 bits per heavy atom. The summed E-state index contributed by atoms with van der Waals surface area (Å²) in [5.41, 5.74) is 2.93. The van der Waals surface area contributed by atoms with Crippen LogP contribution in [0, 0.1) is 6.92 Å². The van der Waals surface area contributed by atoms with Gasteiger partial charge in [-0.25, -0.2) is 0 Å². The average Bonchev–Trinajstić information content (AvgIpc) is 2.33. The number of ketones is 1. The number of Topliss-reactive ketones (excluding diaryl/α,β-unsaturated/α-hetero) is 1. The Hall–Kier alpha value is -1.35. The molecule has 1 heterocycles. The highest BCUT2D eigenvalue weighted by Gasteiger charge is 2.15. The number of rotatable bonds is 3. The number of ether oxygens (including phenoxy) is 1. The highest BCUT2D eigenvalue weighted by Crippen LogP contribution is 2.22. The van der Waals surface area contributed by atoms with Crippen LogP contribution in [0.5, 0.6) is 0 Å². The monoisotopic (exact) mass is 233 g/mol. The average molecular weight is 233 g/mol. The molecular formula is C14H19NO2. The molecule has 0 unspecified atom stereocenters. The lowest BCUT2D eigenvalue weighted by molar-refractivity contribution is 0.0904. The summed E-state index contributed by atoms with van der Waals surface area (Å²) in [6.45, 7) is 5.26. The van der Waals surface area contributed by atoms with Gasteiger partial charge in [-0.05, 0) is 38.3 Å². The SMILES string of the molecule is CC(=O)c1cccc(NC2CCOCC2)c1C. The third-order valence-corrected chi connectivity index (χ3v) is 3.29. The first kappa shape index (κ1) is 12.1. The zero-order valence-corrected chi connectivity index (χ0v) is 10.5. The standard InChI is InChI=1S/C14H19NO2/c1-10-13(11(2)16)4-3-5-14(10)15-12-6-8-17-9-7-12/h3-5,12,15H,6-9H2,1-2H3. The van der Waals surface area contributed by atoms with Gasteiger partial charge >= 0.3 is 0 Å². The second kappa shape index (κ2) is 5.32. The molecule has 92 valence electrons. The number of hydrogen-bond acceptors (Lipinski definition) is 3. The van der Waals surface area contributed by atoms with Gasteiger partial charge in [0.05, 0.1) is 0 Å². The number of carbonyl (C=O) groups excluding carboxylic acids is 1. The Morgan fingerprint density at radius 3 is 2.71 bits per heavy atom. The van der Waals surface area contributed by atoms with Gasteiger partial charge in [0, 0.05) is 30.5 Å². The predicted molar refractivity (Wildman–Crippen MR) is 68.6 cm³/mol. The van der Waals surface area contributed by atoms with Crippen molar-refractivity contribution in [2.45, 2.75) is 32.7 Å². The summed E-state index contributed by atoms with van der Waals surface area (Å²) in [6, 6.07) is 6.32. The van der Waals surface area contributed by atoms with Gasteiger partial charge < -0.3 is 10.1 Å². The second-order valence-electron chi connectivity index (χ2n) is 4.57. The fourth-order valence-corrected chi connectivity index (χ4v) is 2.24. The Morgan fingerprint density at radius 1 is 1.35 bits per heavy atom. The lowest BCUT2D eigenvalue weighted by Crippen LogP contribution is -2.28. The van der Waals surface area contributed by atoms with Gasteiger partial charge in [-0.1, -0.05) is 12.1 Å². The minimum absolute atomic E-state index is 0.123. The summed E-state index contributed by atoms with van der Waals surface area (Å²) in [7, 11) is 0. The Kier molecular flexibility index (Phi) is 3.79. The fraction of sp³-hybridized carbons (Fsp3) is 0.500. The van der Waals surface area contributed by atoms with E-state index in [0.29, 0.717) is 6.04 Å². The number of nitrogens with one attached hydrogen (secondary N) is 1. The molecule has 0 aliphatic carbocycles.